The van der Waals surface area contributed by atoms with Gasteiger partial charge in [-0.3, -0.25) is 0 Å². The van der Waals surface area contributed by atoms with E-state index in [1.165, 1.54) is 6.42 Å². The third-order valence-electron chi connectivity index (χ3n) is 3.59. The van der Waals surface area contributed by atoms with Crippen LogP contribution in [-0.2, 0) is 0 Å². The van der Waals surface area contributed by atoms with Crippen LogP contribution in [0.1, 0.15) is 25.8 Å². The zero-order valence-electron chi connectivity index (χ0n) is 10.3. The Morgan fingerprint density at radius 3 is 2.82 bits per heavy atom. The quantitative estimate of drug-likeness (QED) is 0.829. The van der Waals surface area contributed by atoms with Crippen molar-refractivity contribution < 1.29 is 0 Å². The first kappa shape index (κ1) is 12.4. The van der Waals surface area contributed by atoms with E-state index < -0.39 is 0 Å². The number of anilines is 1. The predicted octanol–water partition coefficient (Wildman–Crippen LogP) is 3.80. The minimum Gasteiger partial charge on any atom is -0.370 e. The molecule has 0 aliphatic carbocycles. The Balaban J connectivity index is 2.22. The molecule has 3 heteroatoms. The van der Waals surface area contributed by atoms with E-state index in [-0.39, 0.29) is 0 Å². The maximum Gasteiger partial charge on any atom is 0.101 e. The van der Waals surface area contributed by atoms with E-state index in [0.29, 0.717) is 0 Å². The lowest BCUT2D eigenvalue weighted by Crippen LogP contribution is -2.22. The molecule has 0 spiro atoms. The number of nitrogens with zero attached hydrogens (tertiary/aromatic N) is 2. The molecule has 1 aromatic carbocycles. The van der Waals surface area contributed by atoms with Gasteiger partial charge >= 0.3 is 0 Å². The van der Waals surface area contributed by atoms with Crippen molar-refractivity contribution in [2.24, 2.45) is 11.8 Å². The SMILES string of the molecule is CC(C)C1CCN(c2ccc(Br)cc2C#N)C1. The third-order valence-corrected chi connectivity index (χ3v) is 4.08. The molecule has 1 atom stereocenters. The molecule has 1 unspecified atom stereocenters. The summed E-state index contributed by atoms with van der Waals surface area (Å²) in [5.74, 6) is 1.48. The van der Waals surface area contributed by atoms with Crippen LogP contribution in [0, 0.1) is 23.2 Å². The van der Waals surface area contributed by atoms with Gasteiger partial charge in [-0.05, 0) is 36.5 Å². The Bertz CT molecular complexity index is 448. The number of halogens is 1. The summed E-state index contributed by atoms with van der Waals surface area (Å²) in [5, 5.41) is 9.18. The average molecular weight is 293 g/mol. The first-order valence-electron chi connectivity index (χ1n) is 6.06. The molecular formula is C14H17BrN2. The molecule has 1 aliphatic rings. The van der Waals surface area contributed by atoms with Crippen molar-refractivity contribution in [1.82, 2.24) is 0 Å². The summed E-state index contributed by atoms with van der Waals surface area (Å²) in [5.41, 5.74) is 1.85. The number of hydrogen-bond acceptors (Lipinski definition) is 2. The molecule has 1 aliphatic heterocycles. The van der Waals surface area contributed by atoms with Gasteiger partial charge in [0.25, 0.3) is 0 Å². The average Bonchev–Trinajstić information content (AvgIpc) is 2.78. The maximum atomic E-state index is 9.18. The summed E-state index contributed by atoms with van der Waals surface area (Å²) in [6.07, 6.45) is 1.23. The van der Waals surface area contributed by atoms with Gasteiger partial charge in [-0.2, -0.15) is 5.26 Å². The van der Waals surface area contributed by atoms with Crippen molar-refractivity contribution in [3.8, 4) is 6.07 Å². The summed E-state index contributed by atoms with van der Waals surface area (Å²) in [4.78, 5) is 2.34. The Morgan fingerprint density at radius 1 is 1.47 bits per heavy atom. The number of rotatable bonds is 2. The van der Waals surface area contributed by atoms with Crippen LogP contribution in [0.25, 0.3) is 0 Å². The van der Waals surface area contributed by atoms with Crippen molar-refractivity contribution in [3.05, 3.63) is 28.2 Å². The standard InChI is InChI=1S/C14H17BrN2/c1-10(2)11-5-6-17(9-11)14-4-3-13(15)7-12(14)8-16/h3-4,7,10-11H,5-6,9H2,1-2H3. The Kier molecular flexibility index (Phi) is 3.73. The first-order valence-corrected chi connectivity index (χ1v) is 6.85. The lowest BCUT2D eigenvalue weighted by Gasteiger charge is -2.21. The van der Waals surface area contributed by atoms with E-state index in [1.807, 2.05) is 18.2 Å². The second-order valence-electron chi connectivity index (χ2n) is 5.01. The molecule has 2 rings (SSSR count). The van der Waals surface area contributed by atoms with E-state index >= 15 is 0 Å². The van der Waals surface area contributed by atoms with Gasteiger partial charge in [-0.1, -0.05) is 29.8 Å². The minimum atomic E-state index is 0.723. The number of benzene rings is 1. The van der Waals surface area contributed by atoms with Crippen LogP contribution in [0.15, 0.2) is 22.7 Å². The van der Waals surface area contributed by atoms with E-state index in [9.17, 15) is 5.26 Å². The summed E-state index contributed by atoms with van der Waals surface area (Å²) < 4.78 is 0.970. The normalized spacial score (nSPS) is 19.7. The molecule has 1 heterocycles. The van der Waals surface area contributed by atoms with Gasteiger partial charge < -0.3 is 4.90 Å². The summed E-state index contributed by atoms with van der Waals surface area (Å²) in [6, 6.07) is 8.25. The highest BCUT2D eigenvalue weighted by Gasteiger charge is 2.26. The lowest BCUT2D eigenvalue weighted by atomic mass is 9.95. The first-order chi connectivity index (χ1) is 8.11. The van der Waals surface area contributed by atoms with Crippen LogP contribution < -0.4 is 4.90 Å². The van der Waals surface area contributed by atoms with Crippen LogP contribution in [0.2, 0.25) is 0 Å². The molecule has 0 amide bonds. The van der Waals surface area contributed by atoms with E-state index in [0.717, 1.165) is 40.6 Å². The molecule has 1 saturated heterocycles. The molecule has 2 nitrogen and oxygen atoms in total. The fourth-order valence-corrected chi connectivity index (χ4v) is 2.78. The molecule has 0 bridgehead atoms. The van der Waals surface area contributed by atoms with Crippen LogP contribution in [0.3, 0.4) is 0 Å². The molecule has 17 heavy (non-hydrogen) atoms. The third kappa shape index (κ3) is 2.63. The van der Waals surface area contributed by atoms with Gasteiger partial charge in [0.05, 0.1) is 11.3 Å². The van der Waals surface area contributed by atoms with Crippen molar-refractivity contribution in [2.75, 3.05) is 18.0 Å². The second kappa shape index (κ2) is 5.10. The highest BCUT2D eigenvalue weighted by molar-refractivity contribution is 9.10. The molecule has 0 N–H and O–H groups in total. The van der Waals surface area contributed by atoms with Crippen LogP contribution in [-0.4, -0.2) is 13.1 Å². The molecule has 1 fully saturated rings. The fourth-order valence-electron chi connectivity index (χ4n) is 2.42. The maximum absolute atomic E-state index is 9.18. The highest BCUT2D eigenvalue weighted by Crippen LogP contribution is 2.31. The van der Waals surface area contributed by atoms with Crippen LogP contribution in [0.4, 0.5) is 5.69 Å². The second-order valence-corrected chi connectivity index (χ2v) is 5.93. The zero-order valence-corrected chi connectivity index (χ0v) is 11.9. The molecule has 0 radical (unpaired) electrons. The van der Waals surface area contributed by atoms with E-state index in [4.69, 9.17) is 0 Å². The van der Waals surface area contributed by atoms with E-state index in [1.54, 1.807) is 0 Å². The van der Waals surface area contributed by atoms with Gasteiger partial charge in [0.1, 0.15) is 6.07 Å². The van der Waals surface area contributed by atoms with Crippen LogP contribution in [0.5, 0.6) is 0 Å². The number of nitriles is 1. The van der Waals surface area contributed by atoms with Gasteiger partial charge in [-0.15, -0.1) is 0 Å². The van der Waals surface area contributed by atoms with Gasteiger partial charge in [-0.25, -0.2) is 0 Å². The van der Waals surface area contributed by atoms with Crippen molar-refractivity contribution >= 4 is 21.6 Å². The fraction of sp³-hybridized carbons (Fsp3) is 0.500. The minimum absolute atomic E-state index is 0.723. The van der Waals surface area contributed by atoms with Crippen molar-refractivity contribution in [1.29, 1.82) is 5.26 Å². The van der Waals surface area contributed by atoms with Crippen LogP contribution >= 0.6 is 15.9 Å². The Labute approximate surface area is 111 Å². The van der Waals surface area contributed by atoms with Crippen molar-refractivity contribution in [2.45, 2.75) is 20.3 Å². The molecule has 90 valence electrons. The Hall–Kier alpha value is -1.01. The van der Waals surface area contributed by atoms with Gasteiger partial charge in [0, 0.05) is 17.6 Å². The summed E-state index contributed by atoms with van der Waals surface area (Å²) in [7, 11) is 0. The monoisotopic (exact) mass is 292 g/mol. The molecule has 0 aromatic heterocycles. The molecule has 1 aromatic rings. The topological polar surface area (TPSA) is 27.0 Å². The largest absolute Gasteiger partial charge is 0.370 e. The van der Waals surface area contributed by atoms with Crippen molar-refractivity contribution in [3.63, 3.8) is 0 Å². The van der Waals surface area contributed by atoms with E-state index in [2.05, 4.69) is 40.7 Å². The number of hydrogen-bond donors (Lipinski definition) is 0. The Morgan fingerprint density at radius 2 is 2.24 bits per heavy atom. The summed E-state index contributed by atoms with van der Waals surface area (Å²) in [6.45, 7) is 6.70. The predicted molar refractivity (Wildman–Crippen MR) is 74.0 cm³/mol. The smallest absolute Gasteiger partial charge is 0.101 e. The summed E-state index contributed by atoms with van der Waals surface area (Å²) >= 11 is 3.41. The lowest BCUT2D eigenvalue weighted by molar-refractivity contribution is 0.423. The zero-order chi connectivity index (χ0) is 12.4. The van der Waals surface area contributed by atoms with Gasteiger partial charge in [0.2, 0.25) is 0 Å². The highest BCUT2D eigenvalue weighted by atomic mass is 79.9. The molecule has 0 saturated carbocycles. The van der Waals surface area contributed by atoms with Gasteiger partial charge in [0.15, 0.2) is 0 Å². The molecular weight excluding hydrogens is 276 g/mol.